The van der Waals surface area contributed by atoms with Crippen LogP contribution in [0.15, 0.2) is 41.3 Å². The van der Waals surface area contributed by atoms with Crippen molar-refractivity contribution in [3.63, 3.8) is 0 Å². The molecule has 2 nitrogen and oxygen atoms in total. The SMILES string of the molecule is C=C(C)C[C@@H](C[C@H](CSc1ccc(C)cc1)OC)OC. The molecular weight excluding hydrogens is 268 g/mol. The minimum absolute atomic E-state index is 0.191. The highest BCUT2D eigenvalue weighted by molar-refractivity contribution is 7.99. The second kappa shape index (κ2) is 9.22. The number of ether oxygens (including phenoxy) is 2. The Labute approximate surface area is 127 Å². The van der Waals surface area contributed by atoms with Gasteiger partial charge in [-0.25, -0.2) is 0 Å². The lowest BCUT2D eigenvalue weighted by Gasteiger charge is -2.21. The van der Waals surface area contributed by atoms with Gasteiger partial charge in [0.25, 0.3) is 0 Å². The Hall–Kier alpha value is -0.770. The first-order valence-electron chi connectivity index (χ1n) is 6.94. The number of benzene rings is 1. The third-order valence-electron chi connectivity index (χ3n) is 3.23. The molecule has 1 rings (SSSR count). The molecule has 0 aromatic heterocycles. The van der Waals surface area contributed by atoms with Crippen LogP contribution in [-0.2, 0) is 9.47 Å². The van der Waals surface area contributed by atoms with E-state index < -0.39 is 0 Å². The van der Waals surface area contributed by atoms with Gasteiger partial charge < -0.3 is 9.47 Å². The molecule has 0 amide bonds. The van der Waals surface area contributed by atoms with Crippen LogP contribution in [0.2, 0.25) is 0 Å². The molecule has 1 aromatic rings. The van der Waals surface area contributed by atoms with Crippen LogP contribution in [0, 0.1) is 6.92 Å². The summed E-state index contributed by atoms with van der Waals surface area (Å²) in [6.07, 6.45) is 2.19. The van der Waals surface area contributed by atoms with Crippen molar-refractivity contribution in [3.05, 3.63) is 42.0 Å². The number of hydrogen-bond donors (Lipinski definition) is 0. The molecule has 0 heterocycles. The van der Waals surface area contributed by atoms with Crippen molar-refractivity contribution < 1.29 is 9.47 Å². The average Bonchev–Trinajstić information content (AvgIpc) is 2.43. The number of aryl methyl sites for hydroxylation is 1. The number of thioether (sulfide) groups is 1. The number of rotatable bonds is 9. The van der Waals surface area contributed by atoms with Gasteiger partial charge in [-0.2, -0.15) is 0 Å². The third-order valence-corrected chi connectivity index (χ3v) is 4.37. The van der Waals surface area contributed by atoms with Crippen LogP contribution >= 0.6 is 11.8 Å². The quantitative estimate of drug-likeness (QED) is 0.494. The molecule has 0 aliphatic carbocycles. The van der Waals surface area contributed by atoms with Crippen molar-refractivity contribution >= 4 is 11.8 Å². The van der Waals surface area contributed by atoms with E-state index in [0.29, 0.717) is 0 Å². The van der Waals surface area contributed by atoms with Crippen LogP contribution in [0.3, 0.4) is 0 Å². The van der Waals surface area contributed by atoms with Crippen LogP contribution in [0.25, 0.3) is 0 Å². The van der Waals surface area contributed by atoms with Crippen molar-refractivity contribution in [3.8, 4) is 0 Å². The molecule has 0 aliphatic heterocycles. The van der Waals surface area contributed by atoms with E-state index in [0.717, 1.165) is 24.2 Å². The fourth-order valence-corrected chi connectivity index (χ4v) is 2.98. The lowest BCUT2D eigenvalue weighted by atomic mass is 10.1. The molecule has 0 unspecified atom stereocenters. The summed E-state index contributed by atoms with van der Waals surface area (Å²) >= 11 is 1.83. The Morgan fingerprint density at radius 1 is 1.15 bits per heavy atom. The van der Waals surface area contributed by atoms with E-state index >= 15 is 0 Å². The van der Waals surface area contributed by atoms with Gasteiger partial charge in [0, 0.05) is 31.3 Å². The highest BCUT2D eigenvalue weighted by atomic mass is 32.2. The number of methoxy groups -OCH3 is 2. The molecule has 0 radical (unpaired) electrons. The third kappa shape index (κ3) is 6.60. The van der Waals surface area contributed by atoms with E-state index in [4.69, 9.17) is 9.47 Å². The summed E-state index contributed by atoms with van der Waals surface area (Å²) in [5, 5.41) is 0. The zero-order valence-corrected chi connectivity index (χ0v) is 13.8. The molecule has 0 saturated carbocycles. The molecule has 0 spiro atoms. The summed E-state index contributed by atoms with van der Waals surface area (Å²) in [7, 11) is 3.53. The smallest absolute Gasteiger partial charge is 0.0690 e. The second-order valence-corrected chi connectivity index (χ2v) is 6.33. The van der Waals surface area contributed by atoms with Gasteiger partial charge in [0.1, 0.15) is 0 Å². The summed E-state index contributed by atoms with van der Waals surface area (Å²) in [4.78, 5) is 1.28. The zero-order chi connectivity index (χ0) is 15.0. The van der Waals surface area contributed by atoms with Gasteiger partial charge in [0.05, 0.1) is 12.2 Å². The molecule has 2 atom stereocenters. The summed E-state index contributed by atoms with van der Waals surface area (Å²) in [5.41, 5.74) is 2.44. The second-order valence-electron chi connectivity index (χ2n) is 5.24. The first kappa shape index (κ1) is 17.3. The van der Waals surface area contributed by atoms with Crippen molar-refractivity contribution in [2.24, 2.45) is 0 Å². The van der Waals surface area contributed by atoms with Gasteiger partial charge in [-0.3, -0.25) is 0 Å². The maximum atomic E-state index is 5.58. The van der Waals surface area contributed by atoms with Crippen LogP contribution in [-0.4, -0.2) is 32.2 Å². The van der Waals surface area contributed by atoms with Crippen molar-refractivity contribution in [1.82, 2.24) is 0 Å². The summed E-state index contributed by atoms with van der Waals surface area (Å²) < 4.78 is 11.1. The molecular formula is C17H26O2S. The highest BCUT2D eigenvalue weighted by Gasteiger charge is 2.16. The lowest BCUT2D eigenvalue weighted by molar-refractivity contribution is 0.0331. The predicted octanol–water partition coefficient (Wildman–Crippen LogP) is 4.47. The van der Waals surface area contributed by atoms with Gasteiger partial charge in [-0.1, -0.05) is 23.3 Å². The molecule has 0 saturated heterocycles. The Kier molecular flexibility index (Phi) is 7.97. The molecule has 20 heavy (non-hydrogen) atoms. The van der Waals surface area contributed by atoms with Gasteiger partial charge in [0.2, 0.25) is 0 Å². The van der Waals surface area contributed by atoms with E-state index in [1.807, 2.05) is 18.7 Å². The Morgan fingerprint density at radius 3 is 2.25 bits per heavy atom. The zero-order valence-electron chi connectivity index (χ0n) is 13.0. The minimum atomic E-state index is 0.191. The Morgan fingerprint density at radius 2 is 1.75 bits per heavy atom. The van der Waals surface area contributed by atoms with Crippen LogP contribution in [0.5, 0.6) is 0 Å². The fourth-order valence-electron chi connectivity index (χ4n) is 2.00. The average molecular weight is 294 g/mol. The molecule has 0 N–H and O–H groups in total. The van der Waals surface area contributed by atoms with Crippen LogP contribution in [0.4, 0.5) is 0 Å². The number of hydrogen-bond acceptors (Lipinski definition) is 3. The van der Waals surface area contributed by atoms with Gasteiger partial charge in [0.15, 0.2) is 0 Å². The maximum absolute atomic E-state index is 5.58. The predicted molar refractivity (Wildman–Crippen MR) is 87.5 cm³/mol. The maximum Gasteiger partial charge on any atom is 0.0690 e. The molecule has 0 bridgehead atoms. The summed E-state index contributed by atoms with van der Waals surface area (Å²) in [6.45, 7) is 8.09. The molecule has 3 heteroatoms. The molecule has 1 aromatic carbocycles. The lowest BCUT2D eigenvalue weighted by Crippen LogP contribution is -2.23. The molecule has 0 aliphatic rings. The van der Waals surface area contributed by atoms with Gasteiger partial charge in [-0.15, -0.1) is 18.3 Å². The Bertz CT molecular complexity index is 400. The Balaban J connectivity index is 2.45. The van der Waals surface area contributed by atoms with E-state index in [2.05, 4.69) is 37.8 Å². The van der Waals surface area contributed by atoms with Crippen LogP contribution in [0.1, 0.15) is 25.3 Å². The first-order valence-corrected chi connectivity index (χ1v) is 7.93. The summed E-state index contributed by atoms with van der Waals surface area (Å²) in [6, 6.07) is 8.61. The van der Waals surface area contributed by atoms with Crippen molar-refractivity contribution in [1.29, 1.82) is 0 Å². The molecule has 0 fully saturated rings. The van der Waals surface area contributed by atoms with Gasteiger partial charge in [-0.05, 0) is 32.4 Å². The largest absolute Gasteiger partial charge is 0.381 e. The highest BCUT2D eigenvalue weighted by Crippen LogP contribution is 2.22. The van der Waals surface area contributed by atoms with Crippen molar-refractivity contribution in [2.75, 3.05) is 20.0 Å². The fraction of sp³-hybridized carbons (Fsp3) is 0.529. The van der Waals surface area contributed by atoms with E-state index in [1.165, 1.54) is 10.5 Å². The normalized spacial score (nSPS) is 14.0. The van der Waals surface area contributed by atoms with Crippen LogP contribution < -0.4 is 0 Å². The van der Waals surface area contributed by atoms with E-state index in [9.17, 15) is 0 Å². The standard InChI is InChI=1S/C17H26O2S/c1-13(2)10-15(18-4)11-16(19-5)12-20-17-8-6-14(3)7-9-17/h6-9,15-16H,1,10-12H2,2-5H3/t15-,16+/m0/s1. The van der Waals surface area contributed by atoms with Crippen molar-refractivity contribution in [2.45, 2.75) is 43.8 Å². The molecule has 112 valence electrons. The van der Waals surface area contributed by atoms with E-state index in [1.54, 1.807) is 14.2 Å². The monoisotopic (exact) mass is 294 g/mol. The first-order chi connectivity index (χ1) is 9.55. The minimum Gasteiger partial charge on any atom is -0.381 e. The van der Waals surface area contributed by atoms with E-state index in [-0.39, 0.29) is 12.2 Å². The van der Waals surface area contributed by atoms with Gasteiger partial charge >= 0.3 is 0 Å². The summed E-state index contributed by atoms with van der Waals surface area (Å²) in [5.74, 6) is 0.940. The topological polar surface area (TPSA) is 18.5 Å².